The largest absolute Gasteiger partial charge is 0.356 e. The molecular formula is C17H33NO3. The van der Waals surface area contributed by atoms with Gasteiger partial charge in [0, 0.05) is 0 Å². The van der Waals surface area contributed by atoms with Crippen LogP contribution in [0.5, 0.6) is 0 Å². The third kappa shape index (κ3) is 8.37. The van der Waals surface area contributed by atoms with Crippen LogP contribution in [-0.2, 0) is 9.62 Å². The average molecular weight is 299 g/mol. The Morgan fingerprint density at radius 3 is 2.19 bits per heavy atom. The second-order valence-electron chi connectivity index (χ2n) is 6.76. The molecule has 0 bridgehead atoms. The summed E-state index contributed by atoms with van der Waals surface area (Å²) in [5, 5.41) is 11.4. The lowest BCUT2D eigenvalue weighted by atomic mass is 10.0. The summed E-state index contributed by atoms with van der Waals surface area (Å²) in [6.45, 7) is 15.8. The summed E-state index contributed by atoms with van der Waals surface area (Å²) in [6, 6.07) is 0.313. The lowest BCUT2D eigenvalue weighted by molar-refractivity contribution is -0.306. The van der Waals surface area contributed by atoms with Crippen LogP contribution in [0.4, 0.5) is 0 Å². The number of nitrogens with one attached hydrogen (secondary N) is 1. The van der Waals surface area contributed by atoms with Gasteiger partial charge in [0.1, 0.15) is 5.72 Å². The maximum atomic E-state index is 7.90. The second-order valence-corrected chi connectivity index (χ2v) is 6.76. The number of hydrogen-bond donors (Lipinski definition) is 2. The standard InChI is InChI=1S/C13H23NO.C4H10O2/c1-6-8-9-11(7-2)12-10(3)15-13(4,5)14-12;1-4(2,3)6-5/h7-10,12,14H,6H2,1-5H3;5H,1-3H3/b9-8-,11-7+;/t10-,12+;/m0./s1. The maximum Gasteiger partial charge on any atom is 0.114 e. The molecule has 2 atom stereocenters. The lowest BCUT2D eigenvalue weighted by Gasteiger charge is -2.18. The zero-order valence-corrected chi connectivity index (χ0v) is 14.9. The summed E-state index contributed by atoms with van der Waals surface area (Å²) in [4.78, 5) is 3.94. The molecule has 2 N–H and O–H groups in total. The molecule has 1 saturated heterocycles. The van der Waals surface area contributed by atoms with Crippen molar-refractivity contribution in [1.82, 2.24) is 5.32 Å². The molecule has 1 aliphatic rings. The Hall–Kier alpha value is -0.680. The fourth-order valence-corrected chi connectivity index (χ4v) is 2.05. The van der Waals surface area contributed by atoms with E-state index < -0.39 is 5.60 Å². The first kappa shape index (κ1) is 20.3. The molecule has 0 aliphatic carbocycles. The molecule has 0 amide bonds. The van der Waals surface area contributed by atoms with Crippen LogP contribution in [0.15, 0.2) is 23.8 Å². The van der Waals surface area contributed by atoms with Crippen molar-refractivity contribution in [3.63, 3.8) is 0 Å². The zero-order chi connectivity index (χ0) is 16.7. The molecule has 1 aliphatic heterocycles. The molecule has 0 spiro atoms. The molecule has 0 aromatic heterocycles. The molecule has 124 valence electrons. The van der Waals surface area contributed by atoms with E-state index in [0.29, 0.717) is 6.04 Å². The topological polar surface area (TPSA) is 50.7 Å². The summed E-state index contributed by atoms with van der Waals surface area (Å²) in [6.07, 6.45) is 7.84. The van der Waals surface area contributed by atoms with Gasteiger partial charge in [-0.1, -0.05) is 25.2 Å². The predicted octanol–water partition coefficient (Wildman–Crippen LogP) is 4.29. The molecule has 0 radical (unpaired) electrons. The minimum atomic E-state index is -0.403. The van der Waals surface area contributed by atoms with Crippen molar-refractivity contribution >= 4 is 0 Å². The summed E-state index contributed by atoms with van der Waals surface area (Å²) < 4.78 is 5.84. The molecule has 0 aromatic rings. The van der Waals surface area contributed by atoms with Crippen molar-refractivity contribution in [1.29, 1.82) is 0 Å². The van der Waals surface area contributed by atoms with Gasteiger partial charge in [-0.2, -0.15) is 0 Å². The van der Waals surface area contributed by atoms with Crippen molar-refractivity contribution in [2.75, 3.05) is 0 Å². The van der Waals surface area contributed by atoms with Crippen molar-refractivity contribution in [2.45, 2.75) is 85.3 Å². The van der Waals surface area contributed by atoms with Crippen molar-refractivity contribution in [3.8, 4) is 0 Å². The first-order valence-corrected chi connectivity index (χ1v) is 7.67. The van der Waals surface area contributed by atoms with Crippen molar-refractivity contribution in [2.24, 2.45) is 0 Å². The molecule has 1 heterocycles. The molecule has 1 fully saturated rings. The third-order valence-electron chi connectivity index (χ3n) is 2.97. The van der Waals surface area contributed by atoms with Crippen molar-refractivity contribution < 1.29 is 14.9 Å². The molecule has 0 saturated carbocycles. The van der Waals surface area contributed by atoms with Crippen LogP contribution < -0.4 is 5.32 Å². The molecule has 21 heavy (non-hydrogen) atoms. The average Bonchev–Trinajstić information content (AvgIpc) is 2.64. The van der Waals surface area contributed by atoms with Gasteiger partial charge >= 0.3 is 0 Å². The number of hydrogen-bond acceptors (Lipinski definition) is 4. The van der Waals surface area contributed by atoms with Crippen LogP contribution in [0.3, 0.4) is 0 Å². The fourth-order valence-electron chi connectivity index (χ4n) is 2.05. The highest BCUT2D eigenvalue weighted by atomic mass is 17.1. The Labute approximate surface area is 130 Å². The van der Waals surface area contributed by atoms with Crippen LogP contribution in [0.25, 0.3) is 0 Å². The number of ether oxygens (including phenoxy) is 1. The summed E-state index contributed by atoms with van der Waals surface area (Å²) in [5.74, 6) is 0. The van der Waals surface area contributed by atoms with Gasteiger partial charge in [0.05, 0.1) is 17.7 Å². The normalized spacial score (nSPS) is 25.9. The van der Waals surface area contributed by atoms with Gasteiger partial charge in [-0.3, -0.25) is 10.6 Å². The van der Waals surface area contributed by atoms with E-state index in [1.54, 1.807) is 20.8 Å². The Kier molecular flexibility index (Phi) is 8.41. The highest BCUT2D eigenvalue weighted by Gasteiger charge is 2.37. The quantitative estimate of drug-likeness (QED) is 0.464. The minimum Gasteiger partial charge on any atom is -0.356 e. The zero-order valence-electron chi connectivity index (χ0n) is 14.9. The van der Waals surface area contributed by atoms with E-state index in [1.807, 2.05) is 0 Å². The molecule has 4 nitrogen and oxygen atoms in total. The highest BCUT2D eigenvalue weighted by Crippen LogP contribution is 2.25. The first-order chi connectivity index (χ1) is 9.56. The van der Waals surface area contributed by atoms with Gasteiger partial charge in [-0.25, -0.2) is 4.89 Å². The van der Waals surface area contributed by atoms with Gasteiger partial charge in [0.25, 0.3) is 0 Å². The van der Waals surface area contributed by atoms with Crippen LogP contribution >= 0.6 is 0 Å². The lowest BCUT2D eigenvalue weighted by Crippen LogP contribution is -2.39. The van der Waals surface area contributed by atoms with Gasteiger partial charge < -0.3 is 4.74 Å². The second kappa shape index (κ2) is 8.69. The van der Waals surface area contributed by atoms with Crippen LogP contribution in [-0.4, -0.2) is 28.7 Å². The molecular weight excluding hydrogens is 266 g/mol. The number of rotatable bonds is 3. The van der Waals surface area contributed by atoms with E-state index in [4.69, 9.17) is 9.99 Å². The minimum absolute atomic E-state index is 0.210. The van der Waals surface area contributed by atoms with E-state index in [9.17, 15) is 0 Å². The van der Waals surface area contributed by atoms with Crippen molar-refractivity contribution in [3.05, 3.63) is 23.8 Å². The van der Waals surface area contributed by atoms with Crippen LogP contribution in [0, 0.1) is 0 Å². The van der Waals surface area contributed by atoms with Gasteiger partial charge in [0.2, 0.25) is 0 Å². The van der Waals surface area contributed by atoms with Crippen LogP contribution in [0.2, 0.25) is 0 Å². The Bertz CT molecular complexity index is 354. The first-order valence-electron chi connectivity index (χ1n) is 7.67. The number of allylic oxidation sites excluding steroid dienone is 2. The molecule has 4 heteroatoms. The van der Waals surface area contributed by atoms with E-state index in [2.05, 4.69) is 63.1 Å². The maximum absolute atomic E-state index is 7.90. The predicted molar refractivity (Wildman–Crippen MR) is 88.2 cm³/mol. The smallest absolute Gasteiger partial charge is 0.114 e. The SMILES string of the molecule is C/C=C(\C=C/CC)[C@@H]1NC(C)(C)O[C@H]1C.CC(C)(C)OO. The van der Waals surface area contributed by atoms with Gasteiger partial charge in [0.15, 0.2) is 0 Å². The highest BCUT2D eigenvalue weighted by molar-refractivity contribution is 5.27. The van der Waals surface area contributed by atoms with E-state index >= 15 is 0 Å². The molecule has 1 rings (SSSR count). The van der Waals surface area contributed by atoms with E-state index in [-0.39, 0.29) is 11.8 Å². The van der Waals surface area contributed by atoms with Gasteiger partial charge in [-0.15, -0.1) is 0 Å². The third-order valence-corrected chi connectivity index (χ3v) is 2.97. The molecule has 0 unspecified atom stereocenters. The Balaban J connectivity index is 0.000000567. The molecule has 0 aromatic carbocycles. The summed E-state index contributed by atoms with van der Waals surface area (Å²) in [7, 11) is 0. The fraction of sp³-hybridized carbons (Fsp3) is 0.765. The van der Waals surface area contributed by atoms with E-state index in [0.717, 1.165) is 6.42 Å². The Morgan fingerprint density at radius 1 is 1.38 bits per heavy atom. The van der Waals surface area contributed by atoms with Crippen LogP contribution in [0.1, 0.15) is 61.8 Å². The van der Waals surface area contributed by atoms with Gasteiger partial charge in [-0.05, 0) is 60.5 Å². The van der Waals surface area contributed by atoms with E-state index in [1.165, 1.54) is 5.57 Å². The Morgan fingerprint density at radius 2 is 1.90 bits per heavy atom. The summed E-state index contributed by atoms with van der Waals surface area (Å²) in [5.41, 5.74) is 0.702. The summed E-state index contributed by atoms with van der Waals surface area (Å²) >= 11 is 0. The monoisotopic (exact) mass is 299 g/mol.